The molecule has 0 unspecified atom stereocenters. The van der Waals surface area contributed by atoms with Gasteiger partial charge in [0.1, 0.15) is 5.75 Å². The maximum Gasteiger partial charge on any atom is 0.267 e. The van der Waals surface area contributed by atoms with Crippen LogP contribution in [0, 0.1) is 0 Å². The Morgan fingerprint density at radius 2 is 2.00 bits per heavy atom. The van der Waals surface area contributed by atoms with Crippen LogP contribution in [0.3, 0.4) is 0 Å². The van der Waals surface area contributed by atoms with Crippen LogP contribution in [0.1, 0.15) is 31.2 Å². The smallest absolute Gasteiger partial charge is 0.267 e. The molecule has 0 bridgehead atoms. The van der Waals surface area contributed by atoms with Crippen LogP contribution in [-0.2, 0) is 0 Å². The Kier molecular flexibility index (Phi) is 4.15. The van der Waals surface area contributed by atoms with Gasteiger partial charge in [0.2, 0.25) is 0 Å². The molecular formula is C17H20N3O+. The second kappa shape index (κ2) is 6.39. The highest BCUT2D eigenvalue weighted by Gasteiger charge is 2.09. The average molecular weight is 282 g/mol. The summed E-state index contributed by atoms with van der Waals surface area (Å²) in [5.41, 5.74) is 3.81. The molecule has 0 saturated heterocycles. The van der Waals surface area contributed by atoms with E-state index < -0.39 is 0 Å². The molecule has 108 valence electrons. The lowest BCUT2D eigenvalue weighted by Crippen LogP contribution is -2.75. The van der Waals surface area contributed by atoms with E-state index in [1.54, 1.807) is 12.3 Å². The highest BCUT2D eigenvalue weighted by atomic mass is 16.3. The molecule has 0 radical (unpaired) electrons. The maximum atomic E-state index is 10.0. The van der Waals surface area contributed by atoms with Gasteiger partial charge in [0.25, 0.3) is 5.84 Å². The largest absolute Gasteiger partial charge is 0.507 e. The third-order valence-corrected chi connectivity index (χ3v) is 3.78. The SMILES string of the molecule is Oc1ccc2ccccc2c1/C=N/NC1=[NH+]CCCCC1. The molecule has 0 aromatic heterocycles. The van der Waals surface area contributed by atoms with Gasteiger partial charge >= 0.3 is 0 Å². The first kappa shape index (κ1) is 13.6. The number of aromatic hydroxyl groups is 1. The van der Waals surface area contributed by atoms with Gasteiger partial charge in [-0.15, -0.1) is 0 Å². The van der Waals surface area contributed by atoms with Gasteiger partial charge in [-0.2, -0.15) is 5.43 Å². The Morgan fingerprint density at radius 1 is 1.10 bits per heavy atom. The minimum atomic E-state index is 0.248. The van der Waals surface area contributed by atoms with E-state index in [2.05, 4.69) is 15.5 Å². The lowest BCUT2D eigenvalue weighted by atomic mass is 10.0. The Morgan fingerprint density at radius 3 is 2.95 bits per heavy atom. The van der Waals surface area contributed by atoms with Gasteiger partial charge in [-0.25, -0.2) is 0 Å². The lowest BCUT2D eigenvalue weighted by molar-refractivity contribution is -0.459. The van der Waals surface area contributed by atoms with Crippen molar-refractivity contribution in [2.45, 2.75) is 25.7 Å². The predicted molar refractivity (Wildman–Crippen MR) is 85.6 cm³/mol. The number of rotatable bonds is 2. The van der Waals surface area contributed by atoms with Crippen molar-refractivity contribution < 1.29 is 10.1 Å². The van der Waals surface area contributed by atoms with Crippen molar-refractivity contribution in [2.24, 2.45) is 5.10 Å². The van der Waals surface area contributed by atoms with Crippen LogP contribution in [0.4, 0.5) is 0 Å². The third kappa shape index (κ3) is 3.21. The fourth-order valence-corrected chi connectivity index (χ4v) is 2.62. The molecule has 1 aliphatic heterocycles. The molecule has 0 saturated carbocycles. The number of amidine groups is 1. The number of phenolic OH excluding ortho intramolecular Hbond substituents is 1. The van der Waals surface area contributed by atoms with Crippen molar-refractivity contribution in [2.75, 3.05) is 6.54 Å². The molecule has 2 aromatic carbocycles. The lowest BCUT2D eigenvalue weighted by Gasteiger charge is -2.03. The van der Waals surface area contributed by atoms with Gasteiger partial charge in [-0.1, -0.05) is 35.4 Å². The maximum absolute atomic E-state index is 10.0. The normalized spacial score (nSPS) is 15.9. The fraction of sp³-hybridized carbons (Fsp3) is 0.294. The Hall–Kier alpha value is -2.36. The van der Waals surface area contributed by atoms with Crippen LogP contribution in [0.25, 0.3) is 10.8 Å². The van der Waals surface area contributed by atoms with E-state index >= 15 is 0 Å². The predicted octanol–water partition coefficient (Wildman–Crippen LogP) is 1.52. The van der Waals surface area contributed by atoms with Crippen LogP contribution in [0.2, 0.25) is 0 Å². The van der Waals surface area contributed by atoms with Crippen LogP contribution in [-0.4, -0.2) is 23.7 Å². The van der Waals surface area contributed by atoms with E-state index in [0.29, 0.717) is 0 Å². The molecular weight excluding hydrogens is 262 g/mol. The summed E-state index contributed by atoms with van der Waals surface area (Å²) in [6, 6.07) is 11.6. The van der Waals surface area contributed by atoms with Crippen molar-refractivity contribution >= 4 is 22.8 Å². The van der Waals surface area contributed by atoms with E-state index in [-0.39, 0.29) is 5.75 Å². The van der Waals surface area contributed by atoms with Gasteiger partial charge in [0.05, 0.1) is 19.2 Å². The van der Waals surface area contributed by atoms with E-state index in [0.717, 1.165) is 35.1 Å². The molecule has 0 fully saturated rings. The van der Waals surface area contributed by atoms with Crippen molar-refractivity contribution in [3.63, 3.8) is 0 Å². The summed E-state index contributed by atoms with van der Waals surface area (Å²) in [7, 11) is 0. The zero-order valence-corrected chi connectivity index (χ0v) is 12.0. The molecule has 4 nitrogen and oxygen atoms in total. The van der Waals surface area contributed by atoms with Gasteiger partial charge in [-0.3, -0.25) is 4.99 Å². The minimum absolute atomic E-state index is 0.248. The summed E-state index contributed by atoms with van der Waals surface area (Å²) in [5.74, 6) is 1.31. The molecule has 3 N–H and O–H groups in total. The number of benzene rings is 2. The minimum Gasteiger partial charge on any atom is -0.507 e. The molecule has 1 heterocycles. The summed E-state index contributed by atoms with van der Waals surface area (Å²) in [5, 5.41) is 16.4. The quantitative estimate of drug-likeness (QED) is 0.578. The van der Waals surface area contributed by atoms with E-state index in [4.69, 9.17) is 0 Å². The van der Waals surface area contributed by atoms with Crippen LogP contribution < -0.4 is 10.4 Å². The zero-order chi connectivity index (χ0) is 14.5. The molecule has 4 heteroatoms. The first-order valence-electron chi connectivity index (χ1n) is 7.44. The molecule has 0 amide bonds. The Balaban J connectivity index is 1.82. The van der Waals surface area contributed by atoms with Crippen molar-refractivity contribution in [3.8, 4) is 5.75 Å². The van der Waals surface area contributed by atoms with Gasteiger partial charge in [0, 0.05) is 5.56 Å². The first-order valence-corrected chi connectivity index (χ1v) is 7.44. The Bertz CT molecular complexity index is 691. The number of nitrogens with zero attached hydrogens (tertiary/aromatic N) is 1. The Labute approximate surface area is 124 Å². The second-order valence-corrected chi connectivity index (χ2v) is 5.31. The monoisotopic (exact) mass is 282 g/mol. The number of fused-ring (bicyclic) bond motifs is 1. The molecule has 0 atom stereocenters. The van der Waals surface area contributed by atoms with Crippen molar-refractivity contribution in [1.82, 2.24) is 5.43 Å². The van der Waals surface area contributed by atoms with E-state index in [9.17, 15) is 5.11 Å². The van der Waals surface area contributed by atoms with Crippen LogP contribution in [0.5, 0.6) is 5.75 Å². The number of hydrogen-bond donors (Lipinski definition) is 3. The highest BCUT2D eigenvalue weighted by molar-refractivity contribution is 6.02. The number of nitrogens with one attached hydrogen (secondary N) is 2. The van der Waals surface area contributed by atoms with Gasteiger partial charge in [-0.05, 0) is 36.1 Å². The van der Waals surface area contributed by atoms with Crippen molar-refractivity contribution in [1.29, 1.82) is 0 Å². The summed E-state index contributed by atoms with van der Waals surface area (Å²) >= 11 is 0. The topological polar surface area (TPSA) is 58.6 Å². The third-order valence-electron chi connectivity index (χ3n) is 3.78. The zero-order valence-electron chi connectivity index (χ0n) is 12.0. The molecule has 2 aromatic rings. The molecule has 21 heavy (non-hydrogen) atoms. The first-order chi connectivity index (χ1) is 10.3. The van der Waals surface area contributed by atoms with Gasteiger partial charge < -0.3 is 5.11 Å². The van der Waals surface area contributed by atoms with E-state index in [1.165, 1.54) is 19.3 Å². The molecule has 3 rings (SSSR count). The molecule has 0 aliphatic carbocycles. The number of phenols is 1. The van der Waals surface area contributed by atoms with Crippen LogP contribution in [0.15, 0.2) is 41.5 Å². The highest BCUT2D eigenvalue weighted by Crippen LogP contribution is 2.25. The fourth-order valence-electron chi connectivity index (χ4n) is 2.62. The van der Waals surface area contributed by atoms with Crippen molar-refractivity contribution in [3.05, 3.63) is 42.0 Å². The van der Waals surface area contributed by atoms with Crippen LogP contribution >= 0.6 is 0 Å². The summed E-state index contributed by atoms with van der Waals surface area (Å²) in [6.45, 7) is 0.997. The van der Waals surface area contributed by atoms with Gasteiger partial charge in [0.15, 0.2) is 0 Å². The summed E-state index contributed by atoms with van der Waals surface area (Å²) in [6.07, 6.45) is 6.34. The van der Waals surface area contributed by atoms with E-state index in [1.807, 2.05) is 30.3 Å². The molecule has 0 spiro atoms. The number of hydrazone groups is 1. The average Bonchev–Trinajstić information content (AvgIpc) is 2.78. The molecule has 1 aliphatic rings. The second-order valence-electron chi connectivity index (χ2n) is 5.31. The standard InChI is InChI=1S/C17H19N3O/c21-16-10-9-13-6-3-4-7-14(13)15(16)12-19-20-17-8-2-1-5-11-18-17/h3-4,6-7,9-10,12,21H,1-2,5,8,11H2,(H,18,20)/p+1/b19-12+. The summed E-state index contributed by atoms with van der Waals surface area (Å²) in [4.78, 5) is 3.35. The number of hydrogen-bond acceptors (Lipinski definition) is 3. The summed E-state index contributed by atoms with van der Waals surface area (Å²) < 4.78 is 0.